The Labute approximate surface area is 99.6 Å². The number of nitrogens with one attached hydrogen (secondary N) is 1. The van der Waals surface area contributed by atoms with Crippen molar-refractivity contribution in [1.29, 1.82) is 0 Å². The Kier molecular flexibility index (Phi) is 7.81. The molecule has 16 heavy (non-hydrogen) atoms. The summed E-state index contributed by atoms with van der Waals surface area (Å²) in [5.74, 6) is 1.88. The first kappa shape index (κ1) is 13.9. The number of hydrogen-bond donors (Lipinski definition) is 2. The summed E-state index contributed by atoms with van der Waals surface area (Å²) in [6.07, 6.45) is 7.00. The first-order valence-electron chi connectivity index (χ1n) is 6.72. The minimum atomic E-state index is 0.125. The van der Waals surface area contributed by atoms with Crippen molar-refractivity contribution < 1.29 is 9.84 Å². The molecule has 0 radical (unpaired) electrons. The third-order valence-electron chi connectivity index (χ3n) is 3.43. The molecule has 1 rings (SSSR count). The topological polar surface area (TPSA) is 41.5 Å². The van der Waals surface area contributed by atoms with Crippen molar-refractivity contribution in [3.05, 3.63) is 0 Å². The molecule has 1 saturated carbocycles. The Morgan fingerprint density at radius 2 is 2.12 bits per heavy atom. The van der Waals surface area contributed by atoms with Gasteiger partial charge in [-0.15, -0.1) is 0 Å². The molecular weight excluding hydrogens is 202 g/mol. The summed E-state index contributed by atoms with van der Waals surface area (Å²) in [7, 11) is 0. The molecule has 0 saturated heterocycles. The van der Waals surface area contributed by atoms with Gasteiger partial charge in [0.1, 0.15) is 0 Å². The quantitative estimate of drug-likeness (QED) is 0.624. The van der Waals surface area contributed by atoms with Crippen LogP contribution in [0.1, 0.15) is 39.0 Å². The molecule has 96 valence electrons. The van der Waals surface area contributed by atoms with Crippen LogP contribution in [-0.4, -0.2) is 38.0 Å². The molecule has 1 fully saturated rings. The van der Waals surface area contributed by atoms with E-state index in [9.17, 15) is 0 Å². The molecule has 0 amide bonds. The molecule has 0 heterocycles. The molecule has 0 bridgehead atoms. The second-order valence-corrected chi connectivity index (χ2v) is 5.01. The van der Waals surface area contributed by atoms with Gasteiger partial charge in [-0.3, -0.25) is 0 Å². The molecule has 0 aromatic heterocycles. The first-order valence-corrected chi connectivity index (χ1v) is 6.72. The normalized spacial score (nSPS) is 25.9. The van der Waals surface area contributed by atoms with E-state index in [-0.39, 0.29) is 6.61 Å². The molecular formula is C13H27NO2. The van der Waals surface area contributed by atoms with Gasteiger partial charge in [-0.2, -0.15) is 0 Å². The van der Waals surface area contributed by atoms with Crippen LogP contribution in [0.2, 0.25) is 0 Å². The van der Waals surface area contributed by atoms with Crippen LogP contribution < -0.4 is 5.32 Å². The van der Waals surface area contributed by atoms with Crippen LogP contribution in [0.4, 0.5) is 0 Å². The molecule has 2 atom stereocenters. The second kappa shape index (κ2) is 8.97. The highest BCUT2D eigenvalue weighted by Gasteiger charge is 2.17. The van der Waals surface area contributed by atoms with Crippen molar-refractivity contribution in [3.63, 3.8) is 0 Å². The number of aliphatic hydroxyl groups excluding tert-OH is 1. The third-order valence-corrected chi connectivity index (χ3v) is 3.43. The van der Waals surface area contributed by atoms with E-state index in [0.29, 0.717) is 13.2 Å². The predicted molar refractivity (Wildman–Crippen MR) is 66.5 cm³/mol. The Hall–Kier alpha value is -0.120. The van der Waals surface area contributed by atoms with Gasteiger partial charge in [0.25, 0.3) is 0 Å². The van der Waals surface area contributed by atoms with E-state index >= 15 is 0 Å². The Morgan fingerprint density at radius 1 is 1.25 bits per heavy atom. The fourth-order valence-corrected chi connectivity index (χ4v) is 2.56. The fraction of sp³-hybridized carbons (Fsp3) is 1.00. The van der Waals surface area contributed by atoms with Crippen LogP contribution in [0.25, 0.3) is 0 Å². The van der Waals surface area contributed by atoms with E-state index in [2.05, 4.69) is 12.2 Å². The van der Waals surface area contributed by atoms with Crippen LogP contribution in [0.3, 0.4) is 0 Å². The average Bonchev–Trinajstić information content (AvgIpc) is 2.28. The minimum absolute atomic E-state index is 0.125. The van der Waals surface area contributed by atoms with E-state index < -0.39 is 0 Å². The molecule has 0 aromatic rings. The maximum Gasteiger partial charge on any atom is 0.0698 e. The highest BCUT2D eigenvalue weighted by molar-refractivity contribution is 4.71. The zero-order chi connectivity index (χ0) is 11.6. The second-order valence-electron chi connectivity index (χ2n) is 5.01. The van der Waals surface area contributed by atoms with E-state index in [4.69, 9.17) is 9.84 Å². The van der Waals surface area contributed by atoms with Gasteiger partial charge in [0.15, 0.2) is 0 Å². The van der Waals surface area contributed by atoms with E-state index in [0.717, 1.165) is 24.9 Å². The fourth-order valence-electron chi connectivity index (χ4n) is 2.56. The Bertz CT molecular complexity index is 164. The number of aliphatic hydroxyl groups is 1. The average molecular weight is 229 g/mol. The summed E-state index contributed by atoms with van der Waals surface area (Å²) in [5, 5.41) is 11.9. The van der Waals surface area contributed by atoms with Crippen LogP contribution in [0.15, 0.2) is 0 Å². The standard InChI is InChI=1S/C13H27NO2/c1-12-3-2-4-13(11-12)5-6-14-7-9-16-10-8-15/h12-15H,2-11H2,1H3. The first-order chi connectivity index (χ1) is 7.83. The minimum Gasteiger partial charge on any atom is -0.394 e. The SMILES string of the molecule is CC1CCCC(CCNCCOCCO)C1. The highest BCUT2D eigenvalue weighted by Crippen LogP contribution is 2.30. The summed E-state index contributed by atoms with van der Waals surface area (Å²) in [6.45, 7) is 5.69. The molecule has 1 aliphatic rings. The van der Waals surface area contributed by atoms with Crippen LogP contribution in [0, 0.1) is 11.8 Å². The summed E-state index contributed by atoms with van der Waals surface area (Å²) in [6, 6.07) is 0. The maximum absolute atomic E-state index is 8.52. The lowest BCUT2D eigenvalue weighted by Crippen LogP contribution is -2.24. The van der Waals surface area contributed by atoms with Gasteiger partial charge in [-0.05, 0) is 31.2 Å². The van der Waals surface area contributed by atoms with Gasteiger partial charge < -0.3 is 15.2 Å². The van der Waals surface area contributed by atoms with Crippen molar-refractivity contribution in [3.8, 4) is 0 Å². The molecule has 3 nitrogen and oxygen atoms in total. The summed E-state index contributed by atoms with van der Waals surface area (Å²) >= 11 is 0. The molecule has 3 heteroatoms. The molecule has 0 aliphatic heterocycles. The van der Waals surface area contributed by atoms with E-state index in [1.807, 2.05) is 0 Å². The maximum atomic E-state index is 8.52. The molecule has 0 spiro atoms. The number of hydrogen-bond acceptors (Lipinski definition) is 3. The zero-order valence-electron chi connectivity index (χ0n) is 10.6. The van der Waals surface area contributed by atoms with Crippen molar-refractivity contribution in [2.45, 2.75) is 39.0 Å². The van der Waals surface area contributed by atoms with Gasteiger partial charge in [0.2, 0.25) is 0 Å². The monoisotopic (exact) mass is 229 g/mol. The van der Waals surface area contributed by atoms with Crippen molar-refractivity contribution in [2.75, 3.05) is 32.9 Å². The molecule has 2 N–H and O–H groups in total. The molecule has 0 aromatic carbocycles. The Balaban J connectivity index is 1.86. The van der Waals surface area contributed by atoms with Gasteiger partial charge in [-0.1, -0.05) is 26.2 Å². The highest BCUT2D eigenvalue weighted by atomic mass is 16.5. The van der Waals surface area contributed by atoms with Crippen LogP contribution in [0.5, 0.6) is 0 Å². The van der Waals surface area contributed by atoms with Gasteiger partial charge in [0, 0.05) is 6.54 Å². The number of ether oxygens (including phenoxy) is 1. The van der Waals surface area contributed by atoms with Gasteiger partial charge in [0.05, 0.1) is 19.8 Å². The number of rotatable bonds is 8. The summed E-state index contributed by atoms with van der Waals surface area (Å²) in [5.41, 5.74) is 0. The van der Waals surface area contributed by atoms with Crippen LogP contribution >= 0.6 is 0 Å². The lowest BCUT2D eigenvalue weighted by molar-refractivity contribution is 0.0936. The zero-order valence-corrected chi connectivity index (χ0v) is 10.6. The van der Waals surface area contributed by atoms with Crippen molar-refractivity contribution >= 4 is 0 Å². The summed E-state index contributed by atoms with van der Waals surface area (Å²) < 4.78 is 5.18. The smallest absolute Gasteiger partial charge is 0.0698 e. The van der Waals surface area contributed by atoms with Gasteiger partial charge >= 0.3 is 0 Å². The molecule has 2 unspecified atom stereocenters. The largest absolute Gasteiger partial charge is 0.394 e. The predicted octanol–water partition coefficient (Wildman–Crippen LogP) is 1.80. The lowest BCUT2D eigenvalue weighted by Gasteiger charge is -2.26. The van der Waals surface area contributed by atoms with Crippen LogP contribution in [-0.2, 0) is 4.74 Å². The Morgan fingerprint density at radius 3 is 2.88 bits per heavy atom. The molecule has 1 aliphatic carbocycles. The van der Waals surface area contributed by atoms with E-state index in [1.165, 1.54) is 32.1 Å². The van der Waals surface area contributed by atoms with Crippen molar-refractivity contribution in [1.82, 2.24) is 5.32 Å². The van der Waals surface area contributed by atoms with Gasteiger partial charge in [-0.25, -0.2) is 0 Å². The lowest BCUT2D eigenvalue weighted by atomic mass is 9.81. The third kappa shape index (κ3) is 6.46. The van der Waals surface area contributed by atoms with Crippen molar-refractivity contribution in [2.24, 2.45) is 11.8 Å². The van der Waals surface area contributed by atoms with E-state index in [1.54, 1.807) is 0 Å². The summed E-state index contributed by atoms with van der Waals surface area (Å²) in [4.78, 5) is 0.